The van der Waals surface area contributed by atoms with Crippen molar-refractivity contribution in [1.82, 2.24) is 0 Å². The summed E-state index contributed by atoms with van der Waals surface area (Å²) in [4.78, 5) is 23.1. The van der Waals surface area contributed by atoms with Crippen molar-refractivity contribution in [2.75, 3.05) is 0 Å². The summed E-state index contributed by atoms with van der Waals surface area (Å²) in [7, 11) is 0. The van der Waals surface area contributed by atoms with Crippen LogP contribution in [0.5, 0.6) is 0 Å². The number of allylic oxidation sites excluding steroid dienone is 3. The number of carbonyl (C=O) groups excluding carboxylic acids is 1. The Morgan fingerprint density at radius 3 is 1.68 bits per heavy atom. The summed E-state index contributed by atoms with van der Waals surface area (Å²) < 4.78 is 5.82. The van der Waals surface area contributed by atoms with Gasteiger partial charge in [0.1, 0.15) is 6.10 Å². The largest absolute Gasteiger partial charge is 0.481 e. The van der Waals surface area contributed by atoms with Crippen LogP contribution in [0.1, 0.15) is 174 Å². The van der Waals surface area contributed by atoms with E-state index in [1.807, 2.05) is 0 Å². The molecule has 0 aromatic heterocycles. The first-order valence-corrected chi connectivity index (χ1v) is 16.3. The van der Waals surface area contributed by atoms with E-state index in [0.717, 1.165) is 57.8 Å². The molecule has 0 aliphatic rings. The lowest BCUT2D eigenvalue weighted by Gasteiger charge is -2.14. The van der Waals surface area contributed by atoms with Gasteiger partial charge in [-0.25, -0.2) is 0 Å². The number of hydrogen-bond acceptors (Lipinski definition) is 3. The van der Waals surface area contributed by atoms with Gasteiger partial charge in [0, 0.05) is 12.8 Å². The second kappa shape index (κ2) is 30.0. The predicted molar refractivity (Wildman–Crippen MR) is 163 cm³/mol. The smallest absolute Gasteiger partial charge is 0.306 e. The van der Waals surface area contributed by atoms with E-state index in [-0.39, 0.29) is 18.5 Å². The van der Waals surface area contributed by atoms with Crippen LogP contribution in [0.3, 0.4) is 0 Å². The monoisotopic (exact) mass is 534 g/mol. The lowest BCUT2D eigenvalue weighted by atomic mass is 10.0. The maximum absolute atomic E-state index is 12.5. The van der Waals surface area contributed by atoms with E-state index < -0.39 is 5.97 Å². The van der Waals surface area contributed by atoms with Gasteiger partial charge in [-0.1, -0.05) is 135 Å². The zero-order valence-electron chi connectivity index (χ0n) is 25.2. The van der Waals surface area contributed by atoms with Crippen molar-refractivity contribution in [1.29, 1.82) is 0 Å². The molecule has 0 aliphatic carbocycles. The SMILES string of the molecule is CCCCCC/C=C\C/C=C\C(CCCCCCC(=O)O)OC(=O)CCCCCCCCCCCCCC. The first kappa shape index (κ1) is 36.4. The number of ether oxygens (including phenoxy) is 1. The molecule has 0 aromatic rings. The van der Waals surface area contributed by atoms with E-state index in [0.29, 0.717) is 6.42 Å². The van der Waals surface area contributed by atoms with Crippen molar-refractivity contribution < 1.29 is 19.4 Å². The van der Waals surface area contributed by atoms with Crippen molar-refractivity contribution >= 4 is 11.9 Å². The molecule has 0 saturated heterocycles. The zero-order chi connectivity index (χ0) is 27.9. The molecule has 0 spiro atoms. The molecule has 0 heterocycles. The van der Waals surface area contributed by atoms with Gasteiger partial charge in [-0.2, -0.15) is 0 Å². The third-order valence-electron chi connectivity index (χ3n) is 7.16. The molecular weight excluding hydrogens is 472 g/mol. The highest BCUT2D eigenvalue weighted by molar-refractivity contribution is 5.69. The van der Waals surface area contributed by atoms with E-state index in [4.69, 9.17) is 9.84 Å². The summed E-state index contributed by atoms with van der Waals surface area (Å²) in [6, 6.07) is 0. The molecule has 1 unspecified atom stereocenters. The van der Waals surface area contributed by atoms with Crippen molar-refractivity contribution in [3.8, 4) is 0 Å². The lowest BCUT2D eigenvalue weighted by Crippen LogP contribution is -2.16. The standard InChI is InChI=1S/C34H62O4/c1-3-5-7-9-11-13-14-15-17-19-21-27-31-34(37)38-32(29-25-22-23-26-30-33(35)36)28-24-20-18-16-12-10-8-6-4-2/h16,18,24,28,32H,3-15,17,19-23,25-27,29-31H2,1-2H3,(H,35,36)/b18-16-,28-24-. The maximum Gasteiger partial charge on any atom is 0.306 e. The van der Waals surface area contributed by atoms with Crippen molar-refractivity contribution in [3.05, 3.63) is 24.3 Å². The Hall–Kier alpha value is -1.58. The van der Waals surface area contributed by atoms with Crippen LogP contribution in [0, 0.1) is 0 Å². The molecular formula is C34H62O4. The molecule has 222 valence electrons. The minimum Gasteiger partial charge on any atom is -0.481 e. The lowest BCUT2D eigenvalue weighted by molar-refractivity contribution is -0.147. The van der Waals surface area contributed by atoms with E-state index >= 15 is 0 Å². The molecule has 0 bridgehead atoms. The first-order chi connectivity index (χ1) is 18.6. The molecule has 4 heteroatoms. The Bertz CT molecular complexity index is 581. The van der Waals surface area contributed by atoms with E-state index in [9.17, 15) is 9.59 Å². The minimum absolute atomic E-state index is 0.0796. The molecule has 0 rings (SSSR count). The fraction of sp³-hybridized carbons (Fsp3) is 0.824. The summed E-state index contributed by atoms with van der Waals surface area (Å²) in [6.07, 6.45) is 36.2. The van der Waals surface area contributed by atoms with Gasteiger partial charge in [-0.3, -0.25) is 9.59 Å². The highest BCUT2D eigenvalue weighted by Crippen LogP contribution is 2.15. The Balaban J connectivity index is 4.13. The number of unbranched alkanes of at least 4 members (excludes halogenated alkanes) is 18. The quantitative estimate of drug-likeness (QED) is 0.0589. The molecule has 0 aliphatic heterocycles. The number of rotatable bonds is 29. The normalized spacial score (nSPS) is 12.5. The summed E-state index contributed by atoms with van der Waals surface area (Å²) in [5.74, 6) is -0.806. The van der Waals surface area contributed by atoms with Crippen LogP contribution in [0.4, 0.5) is 0 Å². The summed E-state index contributed by atoms with van der Waals surface area (Å²) in [5, 5.41) is 8.78. The molecule has 38 heavy (non-hydrogen) atoms. The number of esters is 1. The molecule has 0 fully saturated rings. The van der Waals surface area contributed by atoms with E-state index in [1.54, 1.807) is 0 Å². The van der Waals surface area contributed by atoms with E-state index in [1.165, 1.54) is 89.9 Å². The van der Waals surface area contributed by atoms with Crippen LogP contribution >= 0.6 is 0 Å². The van der Waals surface area contributed by atoms with Crippen LogP contribution in [0.2, 0.25) is 0 Å². The van der Waals surface area contributed by atoms with Gasteiger partial charge >= 0.3 is 11.9 Å². The van der Waals surface area contributed by atoms with Gasteiger partial charge < -0.3 is 9.84 Å². The molecule has 1 N–H and O–H groups in total. The fourth-order valence-corrected chi connectivity index (χ4v) is 4.72. The average molecular weight is 535 g/mol. The van der Waals surface area contributed by atoms with Gasteiger partial charge in [0.25, 0.3) is 0 Å². The fourth-order valence-electron chi connectivity index (χ4n) is 4.72. The number of aliphatic carboxylic acids is 1. The highest BCUT2D eigenvalue weighted by Gasteiger charge is 2.11. The summed E-state index contributed by atoms with van der Waals surface area (Å²) in [6.45, 7) is 4.50. The number of carboxylic acids is 1. The number of carboxylic acid groups (broad SMARTS) is 1. The van der Waals surface area contributed by atoms with Gasteiger partial charge in [0.05, 0.1) is 0 Å². The average Bonchev–Trinajstić information content (AvgIpc) is 2.89. The van der Waals surface area contributed by atoms with Crippen LogP contribution < -0.4 is 0 Å². The third kappa shape index (κ3) is 29.0. The Morgan fingerprint density at radius 2 is 1.11 bits per heavy atom. The minimum atomic E-state index is -0.726. The van der Waals surface area contributed by atoms with Crippen LogP contribution in [-0.4, -0.2) is 23.1 Å². The molecule has 0 aromatic carbocycles. The van der Waals surface area contributed by atoms with Crippen LogP contribution in [-0.2, 0) is 14.3 Å². The Labute approximate surface area is 236 Å². The molecule has 0 saturated carbocycles. The molecule has 4 nitrogen and oxygen atoms in total. The summed E-state index contributed by atoms with van der Waals surface area (Å²) in [5.41, 5.74) is 0. The van der Waals surface area contributed by atoms with Gasteiger partial charge in [-0.15, -0.1) is 0 Å². The molecule has 0 radical (unpaired) electrons. The second-order valence-electron chi connectivity index (χ2n) is 11.0. The van der Waals surface area contributed by atoms with Gasteiger partial charge in [-0.05, 0) is 51.0 Å². The third-order valence-corrected chi connectivity index (χ3v) is 7.16. The number of hydrogen-bond donors (Lipinski definition) is 1. The predicted octanol–water partition coefficient (Wildman–Crippen LogP) is 10.9. The Kier molecular flexibility index (Phi) is 28.7. The van der Waals surface area contributed by atoms with Gasteiger partial charge in [0.2, 0.25) is 0 Å². The van der Waals surface area contributed by atoms with Gasteiger partial charge in [0.15, 0.2) is 0 Å². The molecule has 0 amide bonds. The number of carbonyl (C=O) groups is 2. The summed E-state index contributed by atoms with van der Waals surface area (Å²) >= 11 is 0. The second-order valence-corrected chi connectivity index (χ2v) is 11.0. The zero-order valence-corrected chi connectivity index (χ0v) is 25.2. The maximum atomic E-state index is 12.5. The van der Waals surface area contributed by atoms with Crippen LogP contribution in [0.25, 0.3) is 0 Å². The topological polar surface area (TPSA) is 63.6 Å². The van der Waals surface area contributed by atoms with Crippen LogP contribution in [0.15, 0.2) is 24.3 Å². The first-order valence-electron chi connectivity index (χ1n) is 16.3. The Morgan fingerprint density at radius 1 is 0.605 bits per heavy atom. The van der Waals surface area contributed by atoms with Crippen molar-refractivity contribution in [3.63, 3.8) is 0 Å². The molecule has 1 atom stereocenters. The van der Waals surface area contributed by atoms with E-state index in [2.05, 4.69) is 38.2 Å². The highest BCUT2D eigenvalue weighted by atomic mass is 16.5. The van der Waals surface area contributed by atoms with Crippen molar-refractivity contribution in [2.45, 2.75) is 180 Å². The van der Waals surface area contributed by atoms with Crippen molar-refractivity contribution in [2.24, 2.45) is 0 Å².